The molecule has 1 nitrogen and oxygen atoms in total. The number of hydrogen-bond donors (Lipinski definition) is 1. The Labute approximate surface area is 79.0 Å². The minimum Gasteiger partial charge on any atom is -0.319 e. The third-order valence-corrected chi connectivity index (χ3v) is 2.22. The van der Waals surface area contributed by atoms with Gasteiger partial charge in [0.15, 0.2) is 0 Å². The first-order chi connectivity index (χ1) is 6.06. The van der Waals surface area contributed by atoms with Gasteiger partial charge < -0.3 is 5.32 Å². The minimum absolute atomic E-state index is 0.0170. The molecule has 0 atom stereocenters. The maximum absolute atomic E-state index is 12.9. The second kappa shape index (κ2) is 3.88. The molecule has 0 heterocycles. The number of halogens is 1. The van der Waals surface area contributed by atoms with E-state index in [0.717, 1.165) is 12.1 Å². The van der Waals surface area contributed by atoms with Gasteiger partial charge in [-0.3, -0.25) is 0 Å². The highest BCUT2D eigenvalue weighted by Gasteiger charge is 2.19. The topological polar surface area (TPSA) is 12.0 Å². The van der Waals surface area contributed by atoms with Crippen LogP contribution in [0.3, 0.4) is 0 Å². The van der Waals surface area contributed by atoms with E-state index in [4.69, 9.17) is 0 Å². The summed E-state index contributed by atoms with van der Waals surface area (Å²) >= 11 is 0. The van der Waals surface area contributed by atoms with Gasteiger partial charge in [0.2, 0.25) is 0 Å². The molecule has 0 saturated heterocycles. The molecule has 2 heteroatoms. The summed E-state index contributed by atoms with van der Waals surface area (Å²) in [5, 5.41) is 3.10. The van der Waals surface area contributed by atoms with Crippen molar-refractivity contribution in [3.05, 3.63) is 35.6 Å². The highest BCUT2D eigenvalue weighted by atomic mass is 19.1. The first-order valence-electron chi connectivity index (χ1n) is 4.47. The van der Waals surface area contributed by atoms with Crippen LogP contribution >= 0.6 is 0 Å². The highest BCUT2D eigenvalue weighted by molar-refractivity contribution is 5.24. The number of likely N-dealkylation sites (N-methyl/N-ethyl adjacent to an activating group) is 1. The lowest BCUT2D eigenvalue weighted by molar-refractivity contribution is 0.489. The van der Waals surface area contributed by atoms with Crippen molar-refractivity contribution in [2.75, 3.05) is 13.6 Å². The van der Waals surface area contributed by atoms with E-state index in [2.05, 4.69) is 19.2 Å². The summed E-state index contributed by atoms with van der Waals surface area (Å²) in [6, 6.07) is 6.78. The molecule has 1 rings (SSSR count). The van der Waals surface area contributed by atoms with E-state index in [9.17, 15) is 4.39 Å². The Bertz CT molecular complexity index is 281. The van der Waals surface area contributed by atoms with Crippen molar-refractivity contribution >= 4 is 0 Å². The van der Waals surface area contributed by atoms with Gasteiger partial charge in [0.1, 0.15) is 5.82 Å². The van der Waals surface area contributed by atoms with Crippen LogP contribution < -0.4 is 5.32 Å². The lowest BCUT2D eigenvalue weighted by Crippen LogP contribution is -2.30. The van der Waals surface area contributed by atoms with Crippen LogP contribution in [0, 0.1) is 5.82 Å². The van der Waals surface area contributed by atoms with E-state index in [-0.39, 0.29) is 11.2 Å². The molecule has 0 bridgehead atoms. The summed E-state index contributed by atoms with van der Waals surface area (Å²) in [7, 11) is 1.90. The van der Waals surface area contributed by atoms with Crippen LogP contribution in [0.1, 0.15) is 19.4 Å². The Morgan fingerprint density at radius 1 is 1.38 bits per heavy atom. The van der Waals surface area contributed by atoms with Crippen LogP contribution in [0.4, 0.5) is 4.39 Å². The largest absolute Gasteiger partial charge is 0.319 e. The lowest BCUT2D eigenvalue weighted by atomic mass is 9.84. The quantitative estimate of drug-likeness (QED) is 0.754. The van der Waals surface area contributed by atoms with E-state index < -0.39 is 0 Å². The Balaban J connectivity index is 2.93. The summed E-state index contributed by atoms with van der Waals surface area (Å²) in [4.78, 5) is 0. The molecular formula is C11H16FN. The van der Waals surface area contributed by atoms with Gasteiger partial charge in [-0.2, -0.15) is 0 Å². The maximum atomic E-state index is 12.9. The van der Waals surface area contributed by atoms with Gasteiger partial charge in [-0.05, 0) is 24.7 Å². The minimum atomic E-state index is -0.165. The van der Waals surface area contributed by atoms with E-state index in [1.54, 1.807) is 12.1 Å². The predicted molar refractivity (Wildman–Crippen MR) is 53.4 cm³/mol. The van der Waals surface area contributed by atoms with Gasteiger partial charge in [0.25, 0.3) is 0 Å². The molecule has 0 fully saturated rings. The molecular weight excluding hydrogens is 165 g/mol. The zero-order chi connectivity index (χ0) is 9.90. The SMILES string of the molecule is CNCC(C)(C)c1cccc(F)c1. The Hall–Kier alpha value is -0.890. The van der Waals surface area contributed by atoms with Gasteiger partial charge in [0.05, 0.1) is 0 Å². The smallest absolute Gasteiger partial charge is 0.123 e. The molecule has 1 aromatic rings. The Morgan fingerprint density at radius 3 is 2.62 bits per heavy atom. The van der Waals surface area contributed by atoms with Gasteiger partial charge in [0, 0.05) is 12.0 Å². The van der Waals surface area contributed by atoms with Crippen molar-refractivity contribution in [1.29, 1.82) is 0 Å². The second-order valence-corrected chi connectivity index (χ2v) is 3.92. The molecule has 0 unspecified atom stereocenters. The molecule has 1 N–H and O–H groups in total. The number of benzene rings is 1. The van der Waals surface area contributed by atoms with Crippen LogP contribution in [0.2, 0.25) is 0 Å². The van der Waals surface area contributed by atoms with E-state index in [0.29, 0.717) is 0 Å². The van der Waals surface area contributed by atoms with Crippen LogP contribution in [-0.2, 0) is 5.41 Å². The first-order valence-corrected chi connectivity index (χ1v) is 4.47. The van der Waals surface area contributed by atoms with E-state index in [1.165, 1.54) is 6.07 Å². The van der Waals surface area contributed by atoms with Crippen molar-refractivity contribution in [2.24, 2.45) is 0 Å². The fraction of sp³-hybridized carbons (Fsp3) is 0.455. The van der Waals surface area contributed by atoms with Gasteiger partial charge in [-0.1, -0.05) is 26.0 Å². The molecule has 0 saturated carbocycles. The molecule has 13 heavy (non-hydrogen) atoms. The van der Waals surface area contributed by atoms with E-state index in [1.807, 2.05) is 13.1 Å². The maximum Gasteiger partial charge on any atom is 0.123 e. The molecule has 0 aliphatic carbocycles. The molecule has 72 valence electrons. The predicted octanol–water partition coefficient (Wildman–Crippen LogP) is 2.32. The molecule has 0 aliphatic heterocycles. The third-order valence-electron chi connectivity index (χ3n) is 2.22. The fourth-order valence-corrected chi connectivity index (χ4v) is 1.45. The second-order valence-electron chi connectivity index (χ2n) is 3.92. The van der Waals surface area contributed by atoms with Gasteiger partial charge in [-0.25, -0.2) is 4.39 Å². The average molecular weight is 181 g/mol. The monoisotopic (exact) mass is 181 g/mol. The van der Waals surface area contributed by atoms with Crippen molar-refractivity contribution in [1.82, 2.24) is 5.32 Å². The van der Waals surface area contributed by atoms with Crippen molar-refractivity contribution in [3.63, 3.8) is 0 Å². The fourth-order valence-electron chi connectivity index (χ4n) is 1.45. The molecule has 0 spiro atoms. The number of hydrogen-bond acceptors (Lipinski definition) is 1. The summed E-state index contributed by atoms with van der Waals surface area (Å²) in [6.45, 7) is 5.03. The molecule has 0 radical (unpaired) electrons. The van der Waals surface area contributed by atoms with Crippen molar-refractivity contribution in [3.8, 4) is 0 Å². The summed E-state index contributed by atoms with van der Waals surface area (Å²) in [5.74, 6) is -0.165. The first kappa shape index (κ1) is 10.2. The van der Waals surface area contributed by atoms with Crippen molar-refractivity contribution < 1.29 is 4.39 Å². The Kier molecular flexibility index (Phi) is 3.04. The van der Waals surface area contributed by atoms with E-state index >= 15 is 0 Å². The molecule has 0 aliphatic rings. The molecule has 0 aromatic heterocycles. The lowest BCUT2D eigenvalue weighted by Gasteiger charge is -2.24. The van der Waals surface area contributed by atoms with Crippen LogP contribution in [-0.4, -0.2) is 13.6 Å². The normalized spacial score (nSPS) is 11.7. The van der Waals surface area contributed by atoms with Crippen molar-refractivity contribution in [2.45, 2.75) is 19.3 Å². The average Bonchev–Trinajstić information content (AvgIpc) is 2.04. The molecule has 0 amide bonds. The summed E-state index contributed by atoms with van der Waals surface area (Å²) in [5.41, 5.74) is 1.01. The number of nitrogens with one attached hydrogen (secondary N) is 1. The van der Waals surface area contributed by atoms with Gasteiger partial charge in [-0.15, -0.1) is 0 Å². The van der Waals surface area contributed by atoms with Crippen LogP contribution in [0.5, 0.6) is 0 Å². The zero-order valence-corrected chi connectivity index (χ0v) is 8.39. The van der Waals surface area contributed by atoms with Crippen LogP contribution in [0.15, 0.2) is 24.3 Å². The van der Waals surface area contributed by atoms with Crippen LogP contribution in [0.25, 0.3) is 0 Å². The number of rotatable bonds is 3. The summed E-state index contributed by atoms with van der Waals surface area (Å²) < 4.78 is 12.9. The Morgan fingerprint density at radius 2 is 2.08 bits per heavy atom. The highest BCUT2D eigenvalue weighted by Crippen LogP contribution is 2.22. The third kappa shape index (κ3) is 2.52. The zero-order valence-electron chi connectivity index (χ0n) is 8.39. The summed E-state index contributed by atoms with van der Waals surface area (Å²) in [6.07, 6.45) is 0. The van der Waals surface area contributed by atoms with Gasteiger partial charge >= 0.3 is 0 Å². The standard InChI is InChI=1S/C11H16FN/c1-11(2,8-13-3)9-5-4-6-10(12)7-9/h4-7,13H,8H2,1-3H3. The molecule has 1 aromatic carbocycles.